The van der Waals surface area contributed by atoms with E-state index in [0.29, 0.717) is 6.54 Å². The van der Waals surface area contributed by atoms with Gasteiger partial charge in [0, 0.05) is 36.3 Å². The van der Waals surface area contributed by atoms with E-state index < -0.39 is 0 Å². The van der Waals surface area contributed by atoms with Gasteiger partial charge in [0.15, 0.2) is 0 Å². The number of nitrogens with zero attached hydrogens (tertiary/aromatic N) is 2. The highest BCUT2D eigenvalue weighted by molar-refractivity contribution is 7.12. The van der Waals surface area contributed by atoms with Gasteiger partial charge in [0.2, 0.25) is 5.91 Å². The van der Waals surface area contributed by atoms with E-state index in [4.69, 9.17) is 0 Å². The molecular formula is C21H32N2O2S. The maximum Gasteiger partial charge on any atom is 0.219 e. The number of likely N-dealkylation sites (tertiary alicyclic amines) is 2. The van der Waals surface area contributed by atoms with Crippen LogP contribution in [0, 0.1) is 5.41 Å². The highest BCUT2D eigenvalue weighted by Gasteiger charge is 2.42. The second kappa shape index (κ2) is 7.61. The predicted octanol–water partition coefficient (Wildman–Crippen LogP) is 3.60. The largest absolute Gasteiger partial charge is 0.391 e. The summed E-state index contributed by atoms with van der Waals surface area (Å²) in [6, 6.07) is 4.70. The van der Waals surface area contributed by atoms with Crippen LogP contribution in [0.15, 0.2) is 12.1 Å². The number of piperidine rings is 2. The molecule has 1 saturated carbocycles. The van der Waals surface area contributed by atoms with Crippen molar-refractivity contribution in [3.8, 4) is 0 Å². The standard InChI is InChI=1S/C21H32N2O2S/c1-16(24)23-13-18(25)12-21(15-23)8-10-22(11-9-21)14-19-6-7-20(26-19)17-4-2-3-5-17/h6-7,17-18,25H,2-5,8-15H2,1H3. The first-order valence-corrected chi connectivity index (χ1v) is 11.1. The van der Waals surface area contributed by atoms with E-state index >= 15 is 0 Å². The molecule has 3 aliphatic rings. The van der Waals surface area contributed by atoms with Gasteiger partial charge in [-0.05, 0) is 68.7 Å². The second-order valence-electron chi connectivity index (χ2n) is 8.82. The molecule has 2 aliphatic heterocycles. The molecule has 4 rings (SSSR count). The van der Waals surface area contributed by atoms with E-state index in [1.54, 1.807) is 11.8 Å². The van der Waals surface area contributed by atoms with E-state index in [0.717, 1.165) is 51.4 Å². The smallest absolute Gasteiger partial charge is 0.219 e. The lowest BCUT2D eigenvalue weighted by Crippen LogP contribution is -2.54. The van der Waals surface area contributed by atoms with E-state index in [-0.39, 0.29) is 17.4 Å². The lowest BCUT2D eigenvalue weighted by atomic mass is 9.71. The van der Waals surface area contributed by atoms with E-state index in [1.165, 1.54) is 30.6 Å². The summed E-state index contributed by atoms with van der Waals surface area (Å²) < 4.78 is 0. The van der Waals surface area contributed by atoms with E-state index in [2.05, 4.69) is 17.0 Å². The number of β-amino-alcohol motifs (C(OH)–C–C–N with tert-alkyl or cyclic N) is 1. The monoisotopic (exact) mass is 376 g/mol. The molecule has 1 unspecified atom stereocenters. The Morgan fingerprint density at radius 3 is 2.69 bits per heavy atom. The Bertz CT molecular complexity index is 630. The zero-order valence-electron chi connectivity index (χ0n) is 16.0. The molecular weight excluding hydrogens is 344 g/mol. The van der Waals surface area contributed by atoms with Crippen molar-refractivity contribution in [2.24, 2.45) is 5.41 Å². The predicted molar refractivity (Wildman–Crippen MR) is 105 cm³/mol. The minimum Gasteiger partial charge on any atom is -0.391 e. The number of carbonyl (C=O) groups excluding carboxylic acids is 1. The van der Waals surface area contributed by atoms with Crippen LogP contribution in [0.2, 0.25) is 0 Å². The molecule has 5 heteroatoms. The SMILES string of the molecule is CC(=O)N1CC(O)CC2(CCN(Cc3ccc(C4CCCC4)s3)CC2)C1. The summed E-state index contributed by atoms with van der Waals surface area (Å²) in [6.45, 7) is 6.19. The number of aliphatic hydroxyl groups excluding tert-OH is 1. The highest BCUT2D eigenvalue weighted by Crippen LogP contribution is 2.41. The normalized spacial score (nSPS) is 27.3. The van der Waals surface area contributed by atoms with Crippen LogP contribution in [0.5, 0.6) is 0 Å². The third-order valence-corrected chi connectivity index (χ3v) is 8.04. The molecule has 3 fully saturated rings. The molecule has 3 heterocycles. The Kier molecular flexibility index (Phi) is 5.40. The fraction of sp³-hybridized carbons (Fsp3) is 0.762. The second-order valence-corrected chi connectivity index (χ2v) is 10.0. The van der Waals surface area contributed by atoms with Gasteiger partial charge in [-0.15, -0.1) is 11.3 Å². The van der Waals surface area contributed by atoms with Gasteiger partial charge in [-0.1, -0.05) is 12.8 Å². The Hall–Kier alpha value is -0.910. The lowest BCUT2D eigenvalue weighted by molar-refractivity contribution is -0.138. The minimum absolute atomic E-state index is 0.101. The van der Waals surface area contributed by atoms with Crippen molar-refractivity contribution in [3.63, 3.8) is 0 Å². The Balaban J connectivity index is 1.33. The van der Waals surface area contributed by atoms with Crippen molar-refractivity contribution in [3.05, 3.63) is 21.9 Å². The molecule has 0 radical (unpaired) electrons. The first-order chi connectivity index (χ1) is 12.5. The highest BCUT2D eigenvalue weighted by atomic mass is 32.1. The van der Waals surface area contributed by atoms with E-state index in [9.17, 15) is 9.90 Å². The molecule has 1 aromatic rings. The average Bonchev–Trinajstić information content (AvgIpc) is 3.28. The van der Waals surface area contributed by atoms with Gasteiger partial charge in [0.05, 0.1) is 6.10 Å². The number of rotatable bonds is 3. The zero-order chi connectivity index (χ0) is 18.1. The van der Waals surface area contributed by atoms with Gasteiger partial charge < -0.3 is 10.0 Å². The molecule has 1 N–H and O–H groups in total. The maximum absolute atomic E-state index is 11.8. The van der Waals surface area contributed by atoms with Crippen LogP contribution in [0.4, 0.5) is 0 Å². The molecule has 1 spiro atoms. The van der Waals surface area contributed by atoms with Gasteiger partial charge in [-0.3, -0.25) is 9.69 Å². The van der Waals surface area contributed by atoms with Crippen LogP contribution in [-0.2, 0) is 11.3 Å². The quantitative estimate of drug-likeness (QED) is 0.876. The fourth-order valence-corrected chi connectivity index (χ4v) is 6.49. The van der Waals surface area contributed by atoms with Crippen LogP contribution >= 0.6 is 11.3 Å². The summed E-state index contributed by atoms with van der Waals surface area (Å²) >= 11 is 2.02. The van der Waals surface area contributed by atoms with Crippen molar-refractivity contribution in [1.29, 1.82) is 0 Å². The molecule has 4 nitrogen and oxygen atoms in total. The number of hydrogen-bond donors (Lipinski definition) is 1. The first-order valence-electron chi connectivity index (χ1n) is 10.3. The van der Waals surface area contributed by atoms with Crippen molar-refractivity contribution in [2.75, 3.05) is 26.2 Å². The fourth-order valence-electron chi connectivity index (χ4n) is 5.27. The van der Waals surface area contributed by atoms with Gasteiger partial charge >= 0.3 is 0 Å². The maximum atomic E-state index is 11.8. The van der Waals surface area contributed by atoms with Gasteiger partial charge in [-0.25, -0.2) is 0 Å². The zero-order valence-corrected chi connectivity index (χ0v) is 16.8. The summed E-state index contributed by atoms with van der Waals surface area (Å²) in [4.78, 5) is 19.3. The number of carbonyl (C=O) groups is 1. The molecule has 1 amide bonds. The molecule has 1 atom stereocenters. The number of thiophene rings is 1. The van der Waals surface area contributed by atoms with Crippen molar-refractivity contribution in [2.45, 2.75) is 70.4 Å². The average molecular weight is 377 g/mol. The number of aliphatic hydroxyl groups is 1. The summed E-state index contributed by atoms with van der Waals surface area (Å²) in [5.74, 6) is 0.920. The van der Waals surface area contributed by atoms with E-state index in [1.807, 2.05) is 16.2 Å². The molecule has 2 saturated heterocycles. The van der Waals surface area contributed by atoms with Gasteiger partial charge in [-0.2, -0.15) is 0 Å². The van der Waals surface area contributed by atoms with Crippen molar-refractivity contribution >= 4 is 17.2 Å². The minimum atomic E-state index is -0.356. The third kappa shape index (κ3) is 4.00. The van der Waals surface area contributed by atoms with Gasteiger partial charge in [0.25, 0.3) is 0 Å². The lowest BCUT2D eigenvalue weighted by Gasteiger charge is -2.49. The molecule has 144 valence electrons. The first kappa shape index (κ1) is 18.5. The summed E-state index contributed by atoms with van der Waals surface area (Å²) in [5.41, 5.74) is 0.129. The molecule has 1 aliphatic carbocycles. The molecule has 0 aromatic carbocycles. The summed E-state index contributed by atoms with van der Waals surface area (Å²) in [5, 5.41) is 10.2. The molecule has 26 heavy (non-hydrogen) atoms. The Labute approximate surface area is 161 Å². The van der Waals surface area contributed by atoms with Crippen LogP contribution in [-0.4, -0.2) is 53.1 Å². The molecule has 1 aromatic heterocycles. The van der Waals surface area contributed by atoms with Crippen LogP contribution < -0.4 is 0 Å². The number of hydrogen-bond acceptors (Lipinski definition) is 4. The van der Waals surface area contributed by atoms with Crippen LogP contribution in [0.3, 0.4) is 0 Å². The number of amides is 1. The van der Waals surface area contributed by atoms with Crippen molar-refractivity contribution < 1.29 is 9.90 Å². The Morgan fingerprint density at radius 2 is 2.00 bits per heavy atom. The Morgan fingerprint density at radius 1 is 1.27 bits per heavy atom. The van der Waals surface area contributed by atoms with Gasteiger partial charge in [0.1, 0.15) is 0 Å². The summed E-state index contributed by atoms with van der Waals surface area (Å²) in [7, 11) is 0. The van der Waals surface area contributed by atoms with Crippen molar-refractivity contribution in [1.82, 2.24) is 9.80 Å². The van der Waals surface area contributed by atoms with Crippen LogP contribution in [0.1, 0.15) is 67.5 Å². The molecule has 0 bridgehead atoms. The van der Waals surface area contributed by atoms with Crippen LogP contribution in [0.25, 0.3) is 0 Å². The summed E-state index contributed by atoms with van der Waals surface area (Å²) in [6.07, 6.45) is 8.23. The third-order valence-electron chi connectivity index (χ3n) is 6.81. The topological polar surface area (TPSA) is 43.8 Å².